The normalized spacial score (nSPS) is 18.2. The zero-order valence-corrected chi connectivity index (χ0v) is 9.20. The van der Waals surface area contributed by atoms with E-state index in [2.05, 4.69) is 0 Å². The summed E-state index contributed by atoms with van der Waals surface area (Å²) in [7, 11) is -3.28. The number of hydrogen-bond acceptors (Lipinski definition) is 2. The molecule has 2 rings (SSSR count). The average molecular weight is 223 g/mol. The second-order valence-electron chi connectivity index (χ2n) is 3.68. The van der Waals surface area contributed by atoms with Gasteiger partial charge in [-0.2, -0.15) is 4.31 Å². The van der Waals surface area contributed by atoms with Gasteiger partial charge in [0.15, 0.2) is 0 Å². The van der Waals surface area contributed by atoms with Gasteiger partial charge >= 0.3 is 0 Å². The third-order valence-corrected chi connectivity index (χ3v) is 4.50. The fraction of sp³-hybridized carbons (Fsp3) is 0.364. The molecule has 0 atom stereocenters. The molecule has 80 valence electrons. The first-order valence-electron chi connectivity index (χ1n) is 4.96. The minimum Gasteiger partial charge on any atom is -0.207 e. The fourth-order valence-electron chi connectivity index (χ4n) is 1.72. The number of nitrogens with zero attached hydrogens (tertiary/aromatic N) is 1. The van der Waals surface area contributed by atoms with Gasteiger partial charge in [0.25, 0.3) is 0 Å². The minimum atomic E-state index is -3.28. The van der Waals surface area contributed by atoms with E-state index in [1.165, 1.54) is 4.31 Å². The highest BCUT2D eigenvalue weighted by molar-refractivity contribution is 7.89. The van der Waals surface area contributed by atoms with Crippen LogP contribution in [0, 0.1) is 6.92 Å². The van der Waals surface area contributed by atoms with Crippen molar-refractivity contribution in [1.29, 1.82) is 0 Å². The van der Waals surface area contributed by atoms with E-state index in [0.29, 0.717) is 23.5 Å². The highest BCUT2D eigenvalue weighted by Crippen LogP contribution is 2.20. The predicted octanol–water partition coefficient (Wildman–Crippen LogP) is 1.53. The first-order valence-corrected chi connectivity index (χ1v) is 6.40. The van der Waals surface area contributed by atoms with Crippen LogP contribution in [0.1, 0.15) is 18.4 Å². The molecule has 0 aromatic heterocycles. The summed E-state index contributed by atoms with van der Waals surface area (Å²) >= 11 is 0. The Morgan fingerprint density at radius 2 is 1.60 bits per heavy atom. The summed E-state index contributed by atoms with van der Waals surface area (Å²) < 4.78 is 25.6. The zero-order chi connectivity index (χ0) is 10.9. The molecule has 0 unspecified atom stereocenters. The lowest BCUT2D eigenvalue weighted by Gasteiger charge is -2.15. The van der Waals surface area contributed by atoms with Crippen LogP contribution < -0.4 is 0 Å². The number of sulfonamides is 1. The SMILES string of the molecule is [CH]c1ccc(S(=O)(=O)N2CCCC2)cc1. The van der Waals surface area contributed by atoms with Crippen molar-refractivity contribution < 1.29 is 8.42 Å². The van der Waals surface area contributed by atoms with E-state index >= 15 is 0 Å². The zero-order valence-electron chi connectivity index (χ0n) is 8.39. The van der Waals surface area contributed by atoms with E-state index in [4.69, 9.17) is 6.92 Å². The molecule has 3 nitrogen and oxygen atoms in total. The Bertz CT molecular complexity index is 430. The van der Waals surface area contributed by atoms with Gasteiger partial charge in [0.2, 0.25) is 10.0 Å². The van der Waals surface area contributed by atoms with Crippen LogP contribution in [0.25, 0.3) is 0 Å². The van der Waals surface area contributed by atoms with Gasteiger partial charge in [-0.3, -0.25) is 0 Å². The summed E-state index contributed by atoms with van der Waals surface area (Å²) in [5.41, 5.74) is 0.579. The van der Waals surface area contributed by atoms with Crippen molar-refractivity contribution in [2.24, 2.45) is 0 Å². The third kappa shape index (κ3) is 2.06. The van der Waals surface area contributed by atoms with Gasteiger partial charge in [-0.1, -0.05) is 12.1 Å². The number of hydrogen-bond donors (Lipinski definition) is 0. The topological polar surface area (TPSA) is 37.4 Å². The molecule has 1 aliphatic rings. The van der Waals surface area contributed by atoms with Crippen molar-refractivity contribution in [2.45, 2.75) is 17.7 Å². The average Bonchev–Trinajstić information content (AvgIpc) is 2.71. The van der Waals surface area contributed by atoms with Crippen LogP contribution >= 0.6 is 0 Å². The maximum atomic E-state index is 12.0. The molecular formula is C11H13NO2S. The first-order chi connectivity index (χ1) is 7.10. The second kappa shape index (κ2) is 3.94. The Hall–Kier alpha value is -0.870. The fourth-order valence-corrected chi connectivity index (χ4v) is 3.23. The van der Waals surface area contributed by atoms with Crippen LogP contribution in [0.15, 0.2) is 29.2 Å². The van der Waals surface area contributed by atoms with Crippen LogP contribution in [0.2, 0.25) is 0 Å². The van der Waals surface area contributed by atoms with Gasteiger partial charge in [-0.25, -0.2) is 8.42 Å². The molecule has 0 amide bonds. The third-order valence-electron chi connectivity index (χ3n) is 2.58. The molecule has 0 aliphatic carbocycles. The van der Waals surface area contributed by atoms with Gasteiger partial charge in [0.1, 0.15) is 0 Å². The van der Waals surface area contributed by atoms with Gasteiger partial charge in [0, 0.05) is 13.1 Å². The molecule has 0 N–H and O–H groups in total. The number of benzene rings is 1. The highest BCUT2D eigenvalue weighted by atomic mass is 32.2. The lowest BCUT2D eigenvalue weighted by molar-refractivity contribution is 0.477. The summed E-state index contributed by atoms with van der Waals surface area (Å²) in [4.78, 5) is 0.332. The molecule has 0 spiro atoms. The summed E-state index contributed by atoms with van der Waals surface area (Å²) in [6.07, 6.45) is 1.91. The summed E-state index contributed by atoms with van der Waals surface area (Å²) in [5, 5.41) is 0. The minimum absolute atomic E-state index is 0.332. The van der Waals surface area contributed by atoms with Crippen LogP contribution in [0.4, 0.5) is 0 Å². The van der Waals surface area contributed by atoms with Crippen molar-refractivity contribution in [1.82, 2.24) is 4.31 Å². The molecule has 1 aromatic carbocycles. The first kappa shape index (κ1) is 10.6. The van der Waals surface area contributed by atoms with Gasteiger partial charge in [0.05, 0.1) is 4.90 Å². The Labute approximate surface area is 90.8 Å². The Balaban J connectivity index is 2.32. The van der Waals surface area contributed by atoms with E-state index in [9.17, 15) is 8.42 Å². The maximum Gasteiger partial charge on any atom is 0.243 e. The van der Waals surface area contributed by atoms with Crippen molar-refractivity contribution in [3.05, 3.63) is 36.8 Å². The Morgan fingerprint density at radius 3 is 2.13 bits per heavy atom. The molecule has 1 fully saturated rings. The monoisotopic (exact) mass is 223 g/mol. The largest absolute Gasteiger partial charge is 0.243 e. The molecule has 2 radical (unpaired) electrons. The highest BCUT2D eigenvalue weighted by Gasteiger charge is 2.26. The van der Waals surface area contributed by atoms with Crippen molar-refractivity contribution in [2.75, 3.05) is 13.1 Å². The second-order valence-corrected chi connectivity index (χ2v) is 5.62. The Morgan fingerprint density at radius 1 is 1.07 bits per heavy atom. The molecule has 0 saturated carbocycles. The van der Waals surface area contributed by atoms with Crippen LogP contribution in [0.5, 0.6) is 0 Å². The van der Waals surface area contributed by atoms with Crippen LogP contribution in [-0.4, -0.2) is 25.8 Å². The predicted molar refractivity (Wildman–Crippen MR) is 57.8 cm³/mol. The van der Waals surface area contributed by atoms with Crippen molar-refractivity contribution in [3.8, 4) is 0 Å². The Kier molecular flexibility index (Phi) is 2.80. The molecule has 0 bridgehead atoms. The molecule has 15 heavy (non-hydrogen) atoms. The molecule has 1 aromatic rings. The van der Waals surface area contributed by atoms with E-state index in [-0.39, 0.29) is 0 Å². The summed E-state index contributed by atoms with van der Waals surface area (Å²) in [5.74, 6) is 0. The lowest BCUT2D eigenvalue weighted by Crippen LogP contribution is -2.27. The van der Waals surface area contributed by atoms with Crippen molar-refractivity contribution >= 4 is 10.0 Å². The number of rotatable bonds is 2. The molecule has 1 heterocycles. The van der Waals surface area contributed by atoms with E-state index in [1.807, 2.05) is 0 Å². The van der Waals surface area contributed by atoms with Gasteiger partial charge in [-0.05, 0) is 37.5 Å². The molecule has 4 heteroatoms. The lowest BCUT2D eigenvalue weighted by atomic mass is 10.2. The van der Waals surface area contributed by atoms with Gasteiger partial charge < -0.3 is 0 Å². The van der Waals surface area contributed by atoms with E-state index in [1.54, 1.807) is 24.3 Å². The molecule has 1 saturated heterocycles. The van der Waals surface area contributed by atoms with E-state index in [0.717, 1.165) is 12.8 Å². The summed E-state index contributed by atoms with van der Waals surface area (Å²) in [6, 6.07) is 6.35. The van der Waals surface area contributed by atoms with Crippen molar-refractivity contribution in [3.63, 3.8) is 0 Å². The maximum absolute atomic E-state index is 12.0. The smallest absolute Gasteiger partial charge is 0.207 e. The molecular weight excluding hydrogens is 210 g/mol. The standard InChI is InChI=1S/C11H13NO2S/c1-10-4-6-11(7-5-10)15(13,14)12-8-2-3-9-12/h1,4-7H,2-3,8-9H2. The summed E-state index contributed by atoms with van der Waals surface area (Å²) in [6.45, 7) is 6.78. The van der Waals surface area contributed by atoms with Crippen LogP contribution in [0.3, 0.4) is 0 Å². The molecule has 1 aliphatic heterocycles. The van der Waals surface area contributed by atoms with E-state index < -0.39 is 10.0 Å². The van der Waals surface area contributed by atoms with Gasteiger partial charge in [-0.15, -0.1) is 0 Å². The van der Waals surface area contributed by atoms with Crippen LogP contribution in [-0.2, 0) is 10.0 Å². The quantitative estimate of drug-likeness (QED) is 0.762.